The summed E-state index contributed by atoms with van der Waals surface area (Å²) in [6.07, 6.45) is 8.45. The van der Waals surface area contributed by atoms with Gasteiger partial charge < -0.3 is 14.0 Å². The molecule has 0 aliphatic carbocycles. The van der Waals surface area contributed by atoms with E-state index in [1.807, 2.05) is 11.0 Å². The number of imidazole rings is 1. The number of piperidine rings is 1. The van der Waals surface area contributed by atoms with Gasteiger partial charge in [0.15, 0.2) is 0 Å². The predicted molar refractivity (Wildman–Crippen MR) is 92.4 cm³/mol. The van der Waals surface area contributed by atoms with E-state index in [2.05, 4.69) is 18.0 Å². The number of pyridine rings is 1. The minimum Gasteiger partial charge on any atom is -0.370 e. The van der Waals surface area contributed by atoms with Crippen LogP contribution in [-0.2, 0) is 4.74 Å². The lowest BCUT2D eigenvalue weighted by Gasteiger charge is -2.42. The molecule has 0 N–H and O–H groups in total. The molecule has 126 valence electrons. The number of carbonyl (C=O) groups is 1. The lowest BCUT2D eigenvalue weighted by Crippen LogP contribution is -2.48. The lowest BCUT2D eigenvalue weighted by molar-refractivity contribution is -0.0522. The summed E-state index contributed by atoms with van der Waals surface area (Å²) >= 11 is 5.99. The van der Waals surface area contributed by atoms with Crippen LogP contribution in [0.15, 0.2) is 36.2 Å². The van der Waals surface area contributed by atoms with Gasteiger partial charge in [-0.15, -0.1) is 0 Å². The van der Waals surface area contributed by atoms with Crippen LogP contribution in [0.4, 0.5) is 0 Å². The summed E-state index contributed by atoms with van der Waals surface area (Å²) < 4.78 is 7.81. The molecule has 1 fully saturated rings. The third-order valence-electron chi connectivity index (χ3n) is 4.93. The first-order valence-corrected chi connectivity index (χ1v) is 8.68. The van der Waals surface area contributed by atoms with E-state index in [1.165, 1.54) is 5.57 Å². The molecule has 2 aliphatic heterocycles. The fourth-order valence-electron chi connectivity index (χ4n) is 3.58. The van der Waals surface area contributed by atoms with Crippen molar-refractivity contribution in [1.82, 2.24) is 14.3 Å². The minimum absolute atomic E-state index is 0.0267. The average Bonchev–Trinajstić information content (AvgIpc) is 2.98. The second-order valence-electron chi connectivity index (χ2n) is 6.69. The van der Waals surface area contributed by atoms with Crippen molar-refractivity contribution in [2.24, 2.45) is 0 Å². The van der Waals surface area contributed by atoms with Gasteiger partial charge in [0.25, 0.3) is 5.91 Å². The van der Waals surface area contributed by atoms with Crippen molar-refractivity contribution >= 4 is 23.2 Å². The van der Waals surface area contributed by atoms with Gasteiger partial charge in [-0.2, -0.15) is 0 Å². The van der Waals surface area contributed by atoms with Crippen LogP contribution < -0.4 is 0 Å². The van der Waals surface area contributed by atoms with E-state index in [0.29, 0.717) is 23.8 Å². The molecule has 1 amide bonds. The zero-order chi connectivity index (χ0) is 16.7. The van der Waals surface area contributed by atoms with Crippen LogP contribution in [0.2, 0.25) is 5.02 Å². The minimum atomic E-state index is -0.175. The Morgan fingerprint density at radius 3 is 2.83 bits per heavy atom. The summed E-state index contributed by atoms with van der Waals surface area (Å²) in [5.41, 5.74) is 2.40. The van der Waals surface area contributed by atoms with Gasteiger partial charge in [0, 0.05) is 25.5 Å². The zero-order valence-corrected chi connectivity index (χ0v) is 14.4. The van der Waals surface area contributed by atoms with Crippen LogP contribution in [0.3, 0.4) is 0 Å². The van der Waals surface area contributed by atoms with E-state index in [4.69, 9.17) is 16.3 Å². The number of hydrogen-bond acceptors (Lipinski definition) is 3. The Morgan fingerprint density at radius 2 is 2.08 bits per heavy atom. The molecule has 1 spiro atoms. The number of nitrogens with zero attached hydrogens (tertiary/aromatic N) is 3. The summed E-state index contributed by atoms with van der Waals surface area (Å²) in [5.74, 6) is -0.0267. The number of ether oxygens (including phenoxy) is 1. The first-order valence-electron chi connectivity index (χ1n) is 8.31. The fourth-order valence-corrected chi connectivity index (χ4v) is 3.75. The molecule has 0 aromatic carbocycles. The molecule has 1 saturated heterocycles. The van der Waals surface area contributed by atoms with Gasteiger partial charge in [-0.25, -0.2) is 4.98 Å². The largest absolute Gasteiger partial charge is 0.370 e. The summed E-state index contributed by atoms with van der Waals surface area (Å²) in [4.78, 5) is 19.0. The molecular formula is C18H20ClN3O2. The highest BCUT2D eigenvalue weighted by molar-refractivity contribution is 6.30. The van der Waals surface area contributed by atoms with Crippen LogP contribution in [-0.4, -0.2) is 45.5 Å². The van der Waals surface area contributed by atoms with Gasteiger partial charge in [0.2, 0.25) is 0 Å². The van der Waals surface area contributed by atoms with Gasteiger partial charge in [-0.3, -0.25) is 4.79 Å². The Kier molecular flexibility index (Phi) is 3.85. The summed E-state index contributed by atoms with van der Waals surface area (Å²) in [6.45, 7) is 4.32. The van der Waals surface area contributed by atoms with E-state index >= 15 is 0 Å². The van der Waals surface area contributed by atoms with Crippen molar-refractivity contribution in [3.05, 3.63) is 46.9 Å². The van der Waals surface area contributed by atoms with Crippen LogP contribution in [0.25, 0.3) is 5.65 Å². The number of fused-ring (bicyclic) bond motifs is 1. The SMILES string of the molecule is CC1=CC2(CCN(C(=O)c3cn4cc(Cl)ccc4n3)CC2)OCC1. The third kappa shape index (κ3) is 2.82. The Balaban J connectivity index is 1.50. The van der Waals surface area contributed by atoms with E-state index in [1.54, 1.807) is 22.9 Å². The predicted octanol–water partition coefficient (Wildman–Crippen LogP) is 3.33. The Hall–Kier alpha value is -1.85. The third-order valence-corrected chi connectivity index (χ3v) is 5.15. The van der Waals surface area contributed by atoms with Crippen LogP contribution in [0.5, 0.6) is 0 Å². The normalized spacial score (nSPS) is 20.4. The van der Waals surface area contributed by atoms with Crippen LogP contribution in [0, 0.1) is 0 Å². The van der Waals surface area contributed by atoms with Crippen LogP contribution >= 0.6 is 11.6 Å². The zero-order valence-electron chi connectivity index (χ0n) is 13.7. The number of hydrogen-bond donors (Lipinski definition) is 0. The summed E-state index contributed by atoms with van der Waals surface area (Å²) in [5, 5.41) is 0.621. The Labute approximate surface area is 145 Å². The smallest absolute Gasteiger partial charge is 0.274 e. The summed E-state index contributed by atoms with van der Waals surface area (Å²) in [7, 11) is 0. The van der Waals surface area contributed by atoms with Crippen molar-refractivity contribution in [1.29, 1.82) is 0 Å². The second kappa shape index (κ2) is 5.90. The quantitative estimate of drug-likeness (QED) is 0.745. The molecule has 2 aromatic rings. The molecule has 5 nitrogen and oxygen atoms in total. The molecule has 0 radical (unpaired) electrons. The molecule has 0 saturated carbocycles. The Bertz CT molecular complexity index is 819. The van der Waals surface area contributed by atoms with Gasteiger partial charge in [-0.05, 0) is 38.3 Å². The Morgan fingerprint density at radius 1 is 1.29 bits per heavy atom. The molecule has 0 bridgehead atoms. The molecule has 0 atom stereocenters. The van der Waals surface area contributed by atoms with Crippen LogP contribution in [0.1, 0.15) is 36.7 Å². The average molecular weight is 346 g/mol. The standard InChI is InChI=1S/C18H20ClN3O2/c1-13-4-9-24-18(10-13)5-7-21(8-6-18)17(23)15-12-22-11-14(19)2-3-16(22)20-15/h2-3,10-12H,4-9H2,1H3. The molecular weight excluding hydrogens is 326 g/mol. The van der Waals surface area contributed by atoms with E-state index in [0.717, 1.165) is 31.5 Å². The molecule has 4 heterocycles. The molecule has 4 rings (SSSR count). The number of rotatable bonds is 1. The maximum Gasteiger partial charge on any atom is 0.274 e. The van der Waals surface area contributed by atoms with Gasteiger partial charge in [0.05, 0.1) is 17.2 Å². The molecule has 2 aliphatic rings. The lowest BCUT2D eigenvalue weighted by atomic mass is 9.87. The second-order valence-corrected chi connectivity index (χ2v) is 7.12. The van der Waals surface area contributed by atoms with E-state index in [9.17, 15) is 4.79 Å². The number of aromatic nitrogens is 2. The first kappa shape index (κ1) is 15.7. The van der Waals surface area contributed by atoms with Crippen molar-refractivity contribution in [2.75, 3.05) is 19.7 Å². The van der Waals surface area contributed by atoms with Gasteiger partial charge in [-0.1, -0.05) is 23.3 Å². The number of amides is 1. The van der Waals surface area contributed by atoms with Crippen molar-refractivity contribution in [3.63, 3.8) is 0 Å². The first-order chi connectivity index (χ1) is 11.5. The summed E-state index contributed by atoms with van der Waals surface area (Å²) in [6, 6.07) is 3.59. The van der Waals surface area contributed by atoms with E-state index < -0.39 is 0 Å². The maximum atomic E-state index is 12.8. The number of halogens is 1. The topological polar surface area (TPSA) is 46.8 Å². The molecule has 0 unspecified atom stereocenters. The fraction of sp³-hybridized carbons (Fsp3) is 0.444. The molecule has 24 heavy (non-hydrogen) atoms. The van der Waals surface area contributed by atoms with Crippen molar-refractivity contribution in [3.8, 4) is 0 Å². The van der Waals surface area contributed by atoms with Crippen molar-refractivity contribution < 1.29 is 9.53 Å². The molecule has 2 aromatic heterocycles. The van der Waals surface area contributed by atoms with Gasteiger partial charge >= 0.3 is 0 Å². The highest BCUT2D eigenvalue weighted by atomic mass is 35.5. The highest BCUT2D eigenvalue weighted by Crippen LogP contribution is 2.33. The van der Waals surface area contributed by atoms with Gasteiger partial charge in [0.1, 0.15) is 11.3 Å². The highest BCUT2D eigenvalue weighted by Gasteiger charge is 2.37. The van der Waals surface area contributed by atoms with E-state index in [-0.39, 0.29) is 11.5 Å². The maximum absolute atomic E-state index is 12.8. The number of likely N-dealkylation sites (tertiary alicyclic amines) is 1. The van der Waals surface area contributed by atoms with Crippen molar-refractivity contribution in [2.45, 2.75) is 31.8 Å². The molecule has 6 heteroatoms. The monoisotopic (exact) mass is 345 g/mol. The number of carbonyl (C=O) groups excluding carboxylic acids is 1.